The summed E-state index contributed by atoms with van der Waals surface area (Å²) in [4.78, 5) is 2.08. The predicted molar refractivity (Wildman–Crippen MR) is 83.3 cm³/mol. The van der Waals surface area contributed by atoms with Gasteiger partial charge < -0.3 is 14.2 Å². The van der Waals surface area contributed by atoms with Crippen LogP contribution >= 0.6 is 0 Å². The zero-order valence-electron chi connectivity index (χ0n) is 13.2. The highest BCUT2D eigenvalue weighted by molar-refractivity contribution is 5.65. The van der Waals surface area contributed by atoms with Crippen molar-refractivity contribution < 1.29 is 17.9 Å². The summed E-state index contributed by atoms with van der Waals surface area (Å²) in [6.07, 6.45) is -4.35. The van der Waals surface area contributed by atoms with Crippen LogP contribution in [0.2, 0.25) is 0 Å². The number of benzene rings is 1. The van der Waals surface area contributed by atoms with Gasteiger partial charge in [0.05, 0.1) is 30.2 Å². The Labute approximate surface area is 133 Å². The van der Waals surface area contributed by atoms with Gasteiger partial charge in [0.2, 0.25) is 0 Å². The van der Waals surface area contributed by atoms with Gasteiger partial charge in [-0.05, 0) is 44.2 Å². The molecule has 0 amide bonds. The molecule has 0 saturated carbocycles. The monoisotopic (exact) mass is 324 g/mol. The molecule has 0 bridgehead atoms. The minimum atomic E-state index is -4.35. The third-order valence-corrected chi connectivity index (χ3v) is 4.17. The Morgan fingerprint density at radius 3 is 2.09 bits per heavy atom. The first-order chi connectivity index (χ1) is 10.9. The molecule has 1 saturated heterocycles. The highest BCUT2D eigenvalue weighted by Crippen LogP contribution is 2.36. The van der Waals surface area contributed by atoms with Crippen molar-refractivity contribution in [3.05, 3.63) is 47.3 Å². The molecule has 1 aromatic heterocycles. The lowest BCUT2D eigenvalue weighted by molar-refractivity contribution is -0.137. The van der Waals surface area contributed by atoms with Crippen molar-refractivity contribution in [1.82, 2.24) is 4.57 Å². The summed E-state index contributed by atoms with van der Waals surface area (Å²) in [5, 5.41) is 0. The van der Waals surface area contributed by atoms with Gasteiger partial charge in [-0.15, -0.1) is 0 Å². The van der Waals surface area contributed by atoms with Crippen LogP contribution < -0.4 is 4.90 Å². The molecule has 0 aliphatic carbocycles. The average molecular weight is 324 g/mol. The molecule has 0 N–H and O–H groups in total. The lowest BCUT2D eigenvalue weighted by Crippen LogP contribution is -2.37. The first-order valence-electron chi connectivity index (χ1n) is 7.57. The number of alkyl halides is 3. The van der Waals surface area contributed by atoms with E-state index in [9.17, 15) is 13.2 Å². The molecule has 1 fully saturated rings. The van der Waals surface area contributed by atoms with Gasteiger partial charge in [-0.25, -0.2) is 0 Å². The van der Waals surface area contributed by atoms with E-state index in [1.165, 1.54) is 6.07 Å². The molecule has 3 nitrogen and oxygen atoms in total. The van der Waals surface area contributed by atoms with Crippen molar-refractivity contribution in [2.24, 2.45) is 0 Å². The molecule has 1 aromatic carbocycles. The van der Waals surface area contributed by atoms with Gasteiger partial charge in [0.1, 0.15) is 0 Å². The van der Waals surface area contributed by atoms with Crippen LogP contribution in [0.1, 0.15) is 17.0 Å². The average Bonchev–Trinajstić information content (AvgIpc) is 2.85. The number of morpholine rings is 1. The Balaban J connectivity index is 2.16. The van der Waals surface area contributed by atoms with Crippen LogP contribution in [0.4, 0.5) is 18.9 Å². The number of hydrogen-bond donors (Lipinski definition) is 0. The normalized spacial score (nSPS) is 16.0. The Hall–Kier alpha value is -1.95. The topological polar surface area (TPSA) is 17.4 Å². The molecule has 6 heteroatoms. The van der Waals surface area contributed by atoms with Gasteiger partial charge in [-0.1, -0.05) is 0 Å². The number of aryl methyl sites for hydroxylation is 2. The minimum Gasteiger partial charge on any atom is -0.378 e. The summed E-state index contributed by atoms with van der Waals surface area (Å²) in [5.74, 6) is 0. The van der Waals surface area contributed by atoms with Crippen LogP contribution in [0.5, 0.6) is 0 Å². The van der Waals surface area contributed by atoms with Gasteiger partial charge in [0.15, 0.2) is 0 Å². The molecule has 124 valence electrons. The van der Waals surface area contributed by atoms with Crippen molar-refractivity contribution >= 4 is 5.69 Å². The number of halogens is 3. The first kappa shape index (κ1) is 15.9. The van der Waals surface area contributed by atoms with Crippen LogP contribution in [-0.4, -0.2) is 30.9 Å². The highest BCUT2D eigenvalue weighted by atomic mass is 19.4. The van der Waals surface area contributed by atoms with Crippen molar-refractivity contribution in [1.29, 1.82) is 0 Å². The van der Waals surface area contributed by atoms with E-state index in [0.29, 0.717) is 32.0 Å². The van der Waals surface area contributed by atoms with Crippen LogP contribution in [-0.2, 0) is 10.9 Å². The highest BCUT2D eigenvalue weighted by Gasteiger charge is 2.32. The van der Waals surface area contributed by atoms with E-state index in [4.69, 9.17) is 4.74 Å². The molecular formula is C17H19F3N2O. The van der Waals surface area contributed by atoms with Crippen molar-refractivity contribution in [3.63, 3.8) is 0 Å². The quantitative estimate of drug-likeness (QED) is 0.832. The first-order valence-corrected chi connectivity index (χ1v) is 7.57. The Kier molecular flexibility index (Phi) is 4.10. The maximum atomic E-state index is 13.1. The fraction of sp³-hybridized carbons (Fsp3) is 0.412. The van der Waals surface area contributed by atoms with E-state index in [0.717, 1.165) is 23.1 Å². The van der Waals surface area contributed by atoms with E-state index >= 15 is 0 Å². The molecule has 0 radical (unpaired) electrons. The van der Waals surface area contributed by atoms with Crippen LogP contribution in [0.25, 0.3) is 5.69 Å². The zero-order chi connectivity index (χ0) is 16.6. The fourth-order valence-electron chi connectivity index (χ4n) is 3.00. The summed E-state index contributed by atoms with van der Waals surface area (Å²) >= 11 is 0. The van der Waals surface area contributed by atoms with Crippen molar-refractivity contribution in [2.45, 2.75) is 20.0 Å². The standard InChI is InChI=1S/C17H19F3N2O/c1-12-3-4-13(2)22(12)16-11-14(17(18,19)20)5-6-15(16)21-7-9-23-10-8-21/h3-6,11H,7-10H2,1-2H3. The second-order valence-electron chi connectivity index (χ2n) is 5.75. The molecule has 1 aliphatic rings. The largest absolute Gasteiger partial charge is 0.416 e. The Morgan fingerprint density at radius 2 is 1.52 bits per heavy atom. The second kappa shape index (κ2) is 5.92. The Bertz CT molecular complexity index is 681. The lowest BCUT2D eigenvalue weighted by Gasteiger charge is -2.31. The molecule has 23 heavy (non-hydrogen) atoms. The third kappa shape index (κ3) is 3.08. The van der Waals surface area contributed by atoms with Gasteiger partial charge in [-0.3, -0.25) is 0 Å². The lowest BCUT2D eigenvalue weighted by atomic mass is 10.1. The van der Waals surface area contributed by atoms with E-state index in [1.807, 2.05) is 30.5 Å². The summed E-state index contributed by atoms with van der Waals surface area (Å²) in [6, 6.07) is 7.80. The molecule has 0 atom stereocenters. The van der Waals surface area contributed by atoms with E-state index in [2.05, 4.69) is 4.90 Å². The Morgan fingerprint density at radius 1 is 0.913 bits per heavy atom. The number of ether oxygens (including phenoxy) is 1. The van der Waals surface area contributed by atoms with E-state index in [-0.39, 0.29) is 0 Å². The van der Waals surface area contributed by atoms with Crippen LogP contribution in [0, 0.1) is 13.8 Å². The number of nitrogens with zero attached hydrogens (tertiary/aromatic N) is 2. The SMILES string of the molecule is Cc1ccc(C)n1-c1cc(C(F)(F)F)ccc1N1CCOCC1. The molecule has 0 spiro atoms. The van der Waals surface area contributed by atoms with Gasteiger partial charge in [0.25, 0.3) is 0 Å². The van der Waals surface area contributed by atoms with Gasteiger partial charge >= 0.3 is 6.18 Å². The second-order valence-corrected chi connectivity index (χ2v) is 5.75. The van der Waals surface area contributed by atoms with E-state index in [1.54, 1.807) is 6.07 Å². The number of anilines is 1. The van der Waals surface area contributed by atoms with E-state index < -0.39 is 11.7 Å². The fourth-order valence-corrected chi connectivity index (χ4v) is 3.00. The van der Waals surface area contributed by atoms with Crippen LogP contribution in [0.3, 0.4) is 0 Å². The molecule has 1 aliphatic heterocycles. The maximum absolute atomic E-state index is 13.1. The molecule has 3 rings (SSSR count). The number of rotatable bonds is 2. The van der Waals surface area contributed by atoms with Gasteiger partial charge in [-0.2, -0.15) is 13.2 Å². The summed E-state index contributed by atoms with van der Waals surface area (Å²) < 4.78 is 46.6. The predicted octanol–water partition coefficient (Wildman–Crippen LogP) is 3.95. The third-order valence-electron chi connectivity index (χ3n) is 4.17. The summed E-state index contributed by atoms with van der Waals surface area (Å²) in [6.45, 7) is 6.33. The zero-order valence-corrected chi connectivity index (χ0v) is 13.2. The smallest absolute Gasteiger partial charge is 0.378 e. The molecule has 2 heterocycles. The number of hydrogen-bond acceptors (Lipinski definition) is 2. The molecular weight excluding hydrogens is 305 g/mol. The molecule has 2 aromatic rings. The minimum absolute atomic E-state index is 0.571. The van der Waals surface area contributed by atoms with Crippen molar-refractivity contribution in [3.8, 4) is 5.69 Å². The van der Waals surface area contributed by atoms with Crippen LogP contribution in [0.15, 0.2) is 30.3 Å². The number of aromatic nitrogens is 1. The summed E-state index contributed by atoms with van der Waals surface area (Å²) in [5.41, 5.74) is 2.58. The van der Waals surface area contributed by atoms with Crippen molar-refractivity contribution in [2.75, 3.05) is 31.2 Å². The van der Waals surface area contributed by atoms with Gasteiger partial charge in [0, 0.05) is 24.5 Å². The summed E-state index contributed by atoms with van der Waals surface area (Å²) in [7, 11) is 0. The molecule has 0 unspecified atom stereocenters. The maximum Gasteiger partial charge on any atom is 0.416 e.